The molecule has 0 spiro atoms. The first-order valence-corrected chi connectivity index (χ1v) is 5.78. The molecule has 1 aliphatic heterocycles. The maximum Gasteiger partial charge on any atom is 0.211 e. The molecule has 1 aliphatic carbocycles. The maximum absolute atomic E-state index is 5.76. The molecule has 0 unspecified atom stereocenters. The van der Waals surface area contributed by atoms with Gasteiger partial charge in [0, 0.05) is 22.5 Å². The Labute approximate surface area is 99.1 Å². The van der Waals surface area contributed by atoms with E-state index in [2.05, 4.69) is 47.2 Å². The normalized spacial score (nSPS) is 16.9. The molecule has 1 aromatic heterocycles. The first-order chi connectivity index (χ1) is 8.43. The number of hydrogen-bond donors (Lipinski definition) is 0. The van der Waals surface area contributed by atoms with Gasteiger partial charge in [-0.15, -0.1) is 0 Å². The van der Waals surface area contributed by atoms with Crippen LogP contribution in [-0.2, 0) is 0 Å². The minimum atomic E-state index is 0.922. The number of ether oxygens (including phenoxy) is 1. The van der Waals surface area contributed by atoms with Gasteiger partial charge in [0.2, 0.25) is 5.88 Å². The smallest absolute Gasteiger partial charge is 0.211 e. The lowest BCUT2D eigenvalue weighted by molar-refractivity contribution is 0.445. The lowest BCUT2D eigenvalue weighted by Gasteiger charge is -2.20. The molecule has 0 amide bonds. The SMILES string of the molecule is C1=CC2=COc3c4ccccc4cn3C2=CC1. The molecule has 2 aliphatic rings. The number of benzene rings is 1. The van der Waals surface area contributed by atoms with E-state index in [-0.39, 0.29) is 0 Å². The van der Waals surface area contributed by atoms with E-state index < -0.39 is 0 Å². The van der Waals surface area contributed by atoms with Crippen molar-refractivity contribution in [3.05, 3.63) is 60.5 Å². The molecule has 0 bridgehead atoms. The van der Waals surface area contributed by atoms with E-state index in [9.17, 15) is 0 Å². The van der Waals surface area contributed by atoms with E-state index >= 15 is 0 Å². The van der Waals surface area contributed by atoms with Gasteiger partial charge in [-0.25, -0.2) is 0 Å². The average molecular weight is 221 g/mol. The van der Waals surface area contributed by atoms with Gasteiger partial charge < -0.3 is 4.74 Å². The van der Waals surface area contributed by atoms with Gasteiger partial charge in [-0.05, 0) is 12.5 Å². The quantitative estimate of drug-likeness (QED) is 0.661. The number of rotatable bonds is 0. The third-order valence-electron chi connectivity index (χ3n) is 3.28. The summed E-state index contributed by atoms with van der Waals surface area (Å²) < 4.78 is 7.90. The molecule has 0 atom stereocenters. The highest BCUT2D eigenvalue weighted by Crippen LogP contribution is 2.38. The second-order valence-electron chi connectivity index (χ2n) is 4.31. The third kappa shape index (κ3) is 1.15. The fourth-order valence-electron chi connectivity index (χ4n) is 2.47. The second kappa shape index (κ2) is 3.14. The molecule has 2 nitrogen and oxygen atoms in total. The Hall–Kier alpha value is -2.22. The van der Waals surface area contributed by atoms with Gasteiger partial charge >= 0.3 is 0 Å². The Balaban J connectivity index is 2.03. The molecule has 4 rings (SSSR count). The first kappa shape index (κ1) is 8.88. The van der Waals surface area contributed by atoms with Crippen LogP contribution in [-0.4, -0.2) is 4.57 Å². The van der Waals surface area contributed by atoms with Crippen LogP contribution in [0.3, 0.4) is 0 Å². The fourth-order valence-corrected chi connectivity index (χ4v) is 2.47. The van der Waals surface area contributed by atoms with Crippen LogP contribution < -0.4 is 4.74 Å². The predicted molar refractivity (Wildman–Crippen MR) is 68.7 cm³/mol. The van der Waals surface area contributed by atoms with Crippen LogP contribution in [0.4, 0.5) is 0 Å². The maximum atomic E-state index is 5.76. The minimum absolute atomic E-state index is 0.922. The van der Waals surface area contributed by atoms with Crippen molar-refractivity contribution in [1.82, 2.24) is 4.57 Å². The lowest BCUT2D eigenvalue weighted by atomic mass is 10.1. The van der Waals surface area contributed by atoms with Crippen molar-refractivity contribution >= 4 is 16.5 Å². The van der Waals surface area contributed by atoms with Crippen LogP contribution in [0.2, 0.25) is 0 Å². The van der Waals surface area contributed by atoms with Crippen molar-refractivity contribution in [1.29, 1.82) is 0 Å². The molecule has 2 heteroatoms. The molecule has 82 valence electrons. The van der Waals surface area contributed by atoms with Crippen molar-refractivity contribution in [2.45, 2.75) is 6.42 Å². The summed E-state index contributed by atoms with van der Waals surface area (Å²) in [6.45, 7) is 0. The van der Waals surface area contributed by atoms with E-state index in [1.54, 1.807) is 0 Å². The standard InChI is InChI=1S/C15H11NO/c1-3-7-13-11(5-1)9-16-14-8-4-2-6-12(14)10-17-15(13)16/h1-3,5-10H,4H2. The van der Waals surface area contributed by atoms with Gasteiger partial charge in [0.1, 0.15) is 6.26 Å². The van der Waals surface area contributed by atoms with Gasteiger partial charge in [0.15, 0.2) is 0 Å². The van der Waals surface area contributed by atoms with Crippen molar-refractivity contribution < 1.29 is 4.74 Å². The van der Waals surface area contributed by atoms with Crippen molar-refractivity contribution in [3.63, 3.8) is 0 Å². The topological polar surface area (TPSA) is 14.2 Å². The number of allylic oxidation sites excluding steroid dienone is 5. The highest BCUT2D eigenvalue weighted by atomic mass is 16.5. The highest BCUT2D eigenvalue weighted by Gasteiger charge is 2.20. The van der Waals surface area contributed by atoms with E-state index in [4.69, 9.17) is 4.74 Å². The van der Waals surface area contributed by atoms with Gasteiger partial charge in [-0.2, -0.15) is 0 Å². The zero-order valence-electron chi connectivity index (χ0n) is 9.26. The summed E-state index contributed by atoms with van der Waals surface area (Å²) in [5.41, 5.74) is 2.37. The lowest BCUT2D eigenvalue weighted by Crippen LogP contribution is -2.08. The highest BCUT2D eigenvalue weighted by molar-refractivity contribution is 5.92. The van der Waals surface area contributed by atoms with E-state index in [0.29, 0.717) is 0 Å². The summed E-state index contributed by atoms with van der Waals surface area (Å²) in [4.78, 5) is 0. The molecule has 2 heterocycles. The van der Waals surface area contributed by atoms with Gasteiger partial charge in [0.05, 0.1) is 5.70 Å². The van der Waals surface area contributed by atoms with Crippen molar-refractivity contribution in [3.8, 4) is 5.88 Å². The molecule has 0 saturated carbocycles. The number of aromatic nitrogens is 1. The molecular formula is C15H11NO. The van der Waals surface area contributed by atoms with Crippen LogP contribution in [0, 0.1) is 0 Å². The summed E-state index contributed by atoms with van der Waals surface area (Å²) in [7, 11) is 0. The Morgan fingerprint density at radius 2 is 2.12 bits per heavy atom. The van der Waals surface area contributed by atoms with Crippen LogP contribution in [0.5, 0.6) is 5.88 Å². The van der Waals surface area contributed by atoms with Crippen molar-refractivity contribution in [2.24, 2.45) is 0 Å². The van der Waals surface area contributed by atoms with Gasteiger partial charge in [0.25, 0.3) is 0 Å². The minimum Gasteiger partial charge on any atom is -0.447 e. The van der Waals surface area contributed by atoms with E-state index in [1.807, 2.05) is 12.3 Å². The fraction of sp³-hybridized carbons (Fsp3) is 0.0667. The summed E-state index contributed by atoms with van der Waals surface area (Å²) in [6, 6.07) is 8.31. The molecular weight excluding hydrogens is 210 g/mol. The Morgan fingerprint density at radius 1 is 1.18 bits per heavy atom. The van der Waals surface area contributed by atoms with Crippen LogP contribution >= 0.6 is 0 Å². The summed E-state index contributed by atoms with van der Waals surface area (Å²) >= 11 is 0. The number of nitrogens with zero attached hydrogens (tertiary/aromatic N) is 1. The van der Waals surface area contributed by atoms with Crippen LogP contribution in [0.1, 0.15) is 6.42 Å². The second-order valence-corrected chi connectivity index (χ2v) is 4.31. The number of hydrogen-bond acceptors (Lipinski definition) is 1. The molecule has 0 saturated heterocycles. The van der Waals surface area contributed by atoms with E-state index in [0.717, 1.165) is 17.9 Å². The Kier molecular flexibility index (Phi) is 1.64. The molecule has 2 aromatic rings. The van der Waals surface area contributed by atoms with Crippen molar-refractivity contribution in [2.75, 3.05) is 0 Å². The Bertz CT molecular complexity index is 701. The molecule has 17 heavy (non-hydrogen) atoms. The van der Waals surface area contributed by atoms with Crippen LogP contribution in [0.15, 0.2) is 60.5 Å². The summed E-state index contributed by atoms with van der Waals surface area (Å²) in [6.07, 6.45) is 11.5. The molecule has 0 fully saturated rings. The zero-order chi connectivity index (χ0) is 11.2. The largest absolute Gasteiger partial charge is 0.447 e. The van der Waals surface area contributed by atoms with Crippen LogP contribution in [0.25, 0.3) is 16.5 Å². The summed E-state index contributed by atoms with van der Waals surface area (Å²) in [5, 5.41) is 2.38. The Morgan fingerprint density at radius 3 is 3.12 bits per heavy atom. The summed E-state index contributed by atoms with van der Waals surface area (Å²) in [5.74, 6) is 0.922. The molecule has 0 radical (unpaired) electrons. The monoisotopic (exact) mass is 221 g/mol. The first-order valence-electron chi connectivity index (χ1n) is 5.78. The molecule has 0 N–H and O–H groups in total. The molecule has 1 aromatic carbocycles. The predicted octanol–water partition coefficient (Wildman–Crippen LogP) is 3.72. The van der Waals surface area contributed by atoms with Gasteiger partial charge in [-0.1, -0.05) is 36.4 Å². The zero-order valence-corrected chi connectivity index (χ0v) is 9.26. The third-order valence-corrected chi connectivity index (χ3v) is 3.28. The van der Waals surface area contributed by atoms with E-state index in [1.165, 1.54) is 16.5 Å². The number of fused-ring (bicyclic) bond motifs is 5. The van der Waals surface area contributed by atoms with Gasteiger partial charge in [-0.3, -0.25) is 4.57 Å². The average Bonchev–Trinajstić information content (AvgIpc) is 2.78.